The van der Waals surface area contributed by atoms with Crippen LogP contribution in [0.3, 0.4) is 0 Å². The van der Waals surface area contributed by atoms with Crippen molar-refractivity contribution in [1.82, 2.24) is 15.3 Å². The van der Waals surface area contributed by atoms with Crippen molar-refractivity contribution in [2.75, 3.05) is 25.1 Å². The summed E-state index contributed by atoms with van der Waals surface area (Å²) in [4.78, 5) is 22.7. The third-order valence-corrected chi connectivity index (χ3v) is 4.27. The number of hydrogen-bond donors (Lipinski definition) is 1. The molecule has 7 heteroatoms. The molecular weight excluding hydrogens is 376 g/mol. The number of carbonyl (C=O) groups is 1. The van der Waals surface area contributed by atoms with Gasteiger partial charge in [-0.1, -0.05) is 60.1 Å². The number of carbonyl (C=O) groups excluding carboxylic acids is 1. The molecule has 6 nitrogen and oxygen atoms in total. The molecule has 1 heterocycles. The lowest BCUT2D eigenvalue weighted by Gasteiger charge is -2.17. The number of para-hydroxylation sites is 1. The van der Waals surface area contributed by atoms with Crippen LogP contribution in [0.4, 0.5) is 5.95 Å². The van der Waals surface area contributed by atoms with Crippen LogP contribution in [0.2, 0.25) is 5.15 Å². The maximum Gasteiger partial charge on any atom is 0.256 e. The Morgan fingerprint density at radius 2 is 1.79 bits per heavy atom. The Hall–Kier alpha value is -3.12. The van der Waals surface area contributed by atoms with Gasteiger partial charge in [-0.2, -0.15) is 0 Å². The SMILES string of the molecule is CN(Cc1ccccc1)c1ncc(C(=O)NCCOc2ccccc2)c(Cl)n1. The summed E-state index contributed by atoms with van der Waals surface area (Å²) in [6.45, 7) is 1.34. The number of ether oxygens (including phenoxy) is 1. The molecule has 0 bridgehead atoms. The van der Waals surface area contributed by atoms with Gasteiger partial charge in [0, 0.05) is 19.8 Å². The van der Waals surface area contributed by atoms with Crippen LogP contribution in [-0.4, -0.2) is 36.1 Å². The molecular formula is C21H21ClN4O2. The smallest absolute Gasteiger partial charge is 0.256 e. The quantitative estimate of drug-likeness (QED) is 0.465. The summed E-state index contributed by atoms with van der Waals surface area (Å²) in [6.07, 6.45) is 1.44. The van der Waals surface area contributed by atoms with E-state index < -0.39 is 0 Å². The highest BCUT2D eigenvalue weighted by Gasteiger charge is 2.15. The summed E-state index contributed by atoms with van der Waals surface area (Å²) in [5.74, 6) is 0.876. The van der Waals surface area contributed by atoms with E-state index in [4.69, 9.17) is 16.3 Å². The van der Waals surface area contributed by atoms with Crippen molar-refractivity contribution >= 4 is 23.5 Å². The molecule has 2 aromatic carbocycles. The van der Waals surface area contributed by atoms with Crippen molar-refractivity contribution in [2.45, 2.75) is 6.54 Å². The second-order valence-corrected chi connectivity index (χ2v) is 6.49. The van der Waals surface area contributed by atoms with Gasteiger partial charge in [-0.05, 0) is 17.7 Å². The van der Waals surface area contributed by atoms with Gasteiger partial charge in [0.25, 0.3) is 5.91 Å². The van der Waals surface area contributed by atoms with Gasteiger partial charge in [0.15, 0.2) is 0 Å². The number of nitrogens with zero attached hydrogens (tertiary/aromatic N) is 3. The fraction of sp³-hybridized carbons (Fsp3) is 0.190. The van der Waals surface area contributed by atoms with Crippen molar-refractivity contribution in [1.29, 1.82) is 0 Å². The molecule has 0 aliphatic carbocycles. The van der Waals surface area contributed by atoms with Crippen LogP contribution in [0, 0.1) is 0 Å². The van der Waals surface area contributed by atoms with Gasteiger partial charge in [-0.3, -0.25) is 4.79 Å². The van der Waals surface area contributed by atoms with E-state index in [9.17, 15) is 4.79 Å². The molecule has 0 radical (unpaired) electrons. The van der Waals surface area contributed by atoms with Crippen LogP contribution in [0.1, 0.15) is 15.9 Å². The lowest BCUT2D eigenvalue weighted by Crippen LogP contribution is -2.29. The molecule has 1 amide bonds. The number of rotatable bonds is 8. The first kappa shape index (κ1) is 19.6. The molecule has 0 unspecified atom stereocenters. The Labute approximate surface area is 169 Å². The number of hydrogen-bond acceptors (Lipinski definition) is 5. The maximum absolute atomic E-state index is 12.3. The summed E-state index contributed by atoms with van der Waals surface area (Å²) in [6, 6.07) is 19.4. The number of nitrogens with one attached hydrogen (secondary N) is 1. The Balaban J connectivity index is 1.53. The van der Waals surface area contributed by atoms with Gasteiger partial charge in [0.2, 0.25) is 5.95 Å². The number of benzene rings is 2. The molecule has 0 aliphatic rings. The van der Waals surface area contributed by atoms with Crippen molar-refractivity contribution in [3.05, 3.63) is 83.1 Å². The fourth-order valence-electron chi connectivity index (χ4n) is 2.56. The minimum Gasteiger partial charge on any atom is -0.492 e. The Morgan fingerprint density at radius 1 is 1.11 bits per heavy atom. The highest BCUT2D eigenvalue weighted by molar-refractivity contribution is 6.32. The molecule has 0 fully saturated rings. The Morgan fingerprint density at radius 3 is 2.46 bits per heavy atom. The molecule has 144 valence electrons. The fourth-order valence-corrected chi connectivity index (χ4v) is 2.77. The van der Waals surface area contributed by atoms with E-state index in [0.717, 1.165) is 11.3 Å². The largest absolute Gasteiger partial charge is 0.492 e. The van der Waals surface area contributed by atoms with Gasteiger partial charge in [0.05, 0.1) is 12.1 Å². The summed E-state index contributed by atoms with van der Waals surface area (Å²) in [5, 5.41) is 2.87. The standard InChI is InChI=1S/C21H21ClN4O2/c1-26(15-16-8-4-2-5-9-16)21-24-14-18(19(22)25-21)20(27)23-12-13-28-17-10-6-3-7-11-17/h2-11,14H,12-13,15H2,1H3,(H,23,27). The average Bonchev–Trinajstić information content (AvgIpc) is 2.72. The summed E-state index contributed by atoms with van der Waals surface area (Å²) >= 11 is 6.21. The van der Waals surface area contributed by atoms with Crippen LogP contribution in [0.5, 0.6) is 5.75 Å². The van der Waals surface area contributed by atoms with Gasteiger partial charge in [-0.15, -0.1) is 0 Å². The molecule has 0 aliphatic heterocycles. The number of amides is 1. The Kier molecular flexibility index (Phi) is 6.81. The molecule has 0 saturated carbocycles. The van der Waals surface area contributed by atoms with Crippen molar-refractivity contribution in [2.24, 2.45) is 0 Å². The van der Waals surface area contributed by atoms with E-state index in [0.29, 0.717) is 25.6 Å². The molecule has 0 saturated heterocycles. The lowest BCUT2D eigenvalue weighted by atomic mass is 10.2. The highest BCUT2D eigenvalue weighted by atomic mass is 35.5. The zero-order chi connectivity index (χ0) is 19.8. The van der Waals surface area contributed by atoms with E-state index in [1.807, 2.05) is 72.6 Å². The van der Waals surface area contributed by atoms with E-state index in [-0.39, 0.29) is 16.6 Å². The summed E-state index contributed by atoms with van der Waals surface area (Å²) in [7, 11) is 1.87. The predicted octanol–water partition coefficient (Wildman–Crippen LogP) is 3.58. The van der Waals surface area contributed by atoms with Gasteiger partial charge in [0.1, 0.15) is 17.5 Å². The number of halogens is 1. The first-order chi connectivity index (χ1) is 13.6. The Bertz CT molecular complexity index is 907. The maximum atomic E-state index is 12.3. The third kappa shape index (κ3) is 5.44. The zero-order valence-electron chi connectivity index (χ0n) is 15.5. The van der Waals surface area contributed by atoms with E-state index in [2.05, 4.69) is 15.3 Å². The second kappa shape index (κ2) is 9.71. The first-order valence-electron chi connectivity index (χ1n) is 8.87. The molecule has 0 atom stereocenters. The van der Waals surface area contributed by atoms with Gasteiger partial charge >= 0.3 is 0 Å². The normalized spacial score (nSPS) is 10.4. The van der Waals surface area contributed by atoms with Crippen LogP contribution >= 0.6 is 11.6 Å². The van der Waals surface area contributed by atoms with E-state index >= 15 is 0 Å². The first-order valence-corrected chi connectivity index (χ1v) is 9.25. The van der Waals surface area contributed by atoms with Crippen LogP contribution in [0.25, 0.3) is 0 Å². The van der Waals surface area contributed by atoms with Crippen LogP contribution in [0.15, 0.2) is 66.9 Å². The monoisotopic (exact) mass is 396 g/mol. The minimum absolute atomic E-state index is 0.117. The van der Waals surface area contributed by atoms with Gasteiger partial charge in [-0.25, -0.2) is 9.97 Å². The van der Waals surface area contributed by atoms with Crippen molar-refractivity contribution < 1.29 is 9.53 Å². The molecule has 28 heavy (non-hydrogen) atoms. The number of aromatic nitrogens is 2. The average molecular weight is 397 g/mol. The van der Waals surface area contributed by atoms with Crippen LogP contribution < -0.4 is 15.0 Å². The highest BCUT2D eigenvalue weighted by Crippen LogP contribution is 2.17. The zero-order valence-corrected chi connectivity index (χ0v) is 16.3. The topological polar surface area (TPSA) is 67.4 Å². The predicted molar refractivity (Wildman–Crippen MR) is 110 cm³/mol. The molecule has 0 spiro atoms. The number of anilines is 1. The third-order valence-electron chi connectivity index (χ3n) is 3.98. The van der Waals surface area contributed by atoms with Crippen molar-refractivity contribution in [3.63, 3.8) is 0 Å². The molecule has 3 aromatic rings. The second-order valence-electron chi connectivity index (χ2n) is 6.13. The summed E-state index contributed by atoms with van der Waals surface area (Å²) in [5.41, 5.74) is 1.36. The van der Waals surface area contributed by atoms with E-state index in [1.54, 1.807) is 0 Å². The molecule has 1 aromatic heterocycles. The lowest BCUT2D eigenvalue weighted by molar-refractivity contribution is 0.0946. The summed E-state index contributed by atoms with van der Waals surface area (Å²) < 4.78 is 5.54. The minimum atomic E-state index is -0.334. The van der Waals surface area contributed by atoms with Gasteiger partial charge < -0.3 is 15.0 Å². The van der Waals surface area contributed by atoms with Crippen molar-refractivity contribution in [3.8, 4) is 5.75 Å². The molecule has 3 rings (SSSR count). The van der Waals surface area contributed by atoms with Crippen LogP contribution in [-0.2, 0) is 6.54 Å². The van der Waals surface area contributed by atoms with E-state index in [1.165, 1.54) is 6.20 Å². The molecule has 1 N–H and O–H groups in total.